The highest BCUT2D eigenvalue weighted by Crippen LogP contribution is 2.25. The van der Waals surface area contributed by atoms with Crippen LogP contribution in [0.25, 0.3) is 0 Å². The Hall–Kier alpha value is -1.30. The Labute approximate surface area is 107 Å². The van der Waals surface area contributed by atoms with E-state index in [-0.39, 0.29) is 18.0 Å². The molecule has 0 atom stereocenters. The van der Waals surface area contributed by atoms with Gasteiger partial charge in [0, 0.05) is 25.0 Å². The van der Waals surface area contributed by atoms with E-state index in [9.17, 15) is 9.59 Å². The second-order valence-corrected chi connectivity index (χ2v) is 5.14. The average molecular weight is 300 g/mol. The van der Waals surface area contributed by atoms with E-state index in [2.05, 4.69) is 15.9 Å². The third-order valence-electron chi connectivity index (χ3n) is 2.86. The van der Waals surface area contributed by atoms with Crippen LogP contribution in [0.5, 0.6) is 0 Å². The number of carbonyl (C=O) groups excluding carboxylic acids is 1. The van der Waals surface area contributed by atoms with Crippen LogP contribution in [0.3, 0.4) is 0 Å². The summed E-state index contributed by atoms with van der Waals surface area (Å²) in [5.41, 5.74) is 5.86. The fourth-order valence-corrected chi connectivity index (χ4v) is 2.15. The van der Waals surface area contributed by atoms with Gasteiger partial charge in [0.1, 0.15) is 6.54 Å². The molecule has 1 saturated carbocycles. The quantitative estimate of drug-likeness (QED) is 0.898. The number of likely N-dealkylation sites (N-methyl/N-ethyl adjacent to an activating group) is 1. The number of nitrogen functional groups attached to an aromatic ring is 1. The van der Waals surface area contributed by atoms with Gasteiger partial charge in [-0.2, -0.15) is 0 Å². The van der Waals surface area contributed by atoms with Crippen molar-refractivity contribution in [2.75, 3.05) is 12.8 Å². The van der Waals surface area contributed by atoms with E-state index in [1.54, 1.807) is 11.9 Å². The zero-order valence-corrected chi connectivity index (χ0v) is 11.1. The largest absolute Gasteiger partial charge is 0.398 e. The van der Waals surface area contributed by atoms with Crippen molar-refractivity contribution in [3.05, 3.63) is 27.1 Å². The molecule has 0 bridgehead atoms. The number of aromatic nitrogens is 1. The van der Waals surface area contributed by atoms with E-state index in [0.717, 1.165) is 12.8 Å². The first-order valence-corrected chi connectivity index (χ1v) is 6.19. The topological polar surface area (TPSA) is 68.3 Å². The van der Waals surface area contributed by atoms with Crippen LogP contribution >= 0.6 is 15.9 Å². The van der Waals surface area contributed by atoms with Crippen LogP contribution in [0, 0.1) is 0 Å². The summed E-state index contributed by atoms with van der Waals surface area (Å²) in [4.78, 5) is 25.3. The minimum absolute atomic E-state index is 0.0372. The van der Waals surface area contributed by atoms with E-state index in [1.807, 2.05) is 0 Å². The first kappa shape index (κ1) is 12.2. The number of amides is 1. The van der Waals surface area contributed by atoms with Gasteiger partial charge in [0.05, 0.1) is 4.47 Å². The number of nitrogens with zero attached hydrogens (tertiary/aromatic N) is 2. The Balaban J connectivity index is 2.18. The summed E-state index contributed by atoms with van der Waals surface area (Å²) in [5.74, 6) is -0.0629. The van der Waals surface area contributed by atoms with Crippen molar-refractivity contribution in [2.45, 2.75) is 25.4 Å². The summed E-state index contributed by atoms with van der Waals surface area (Å²) in [7, 11) is 1.77. The van der Waals surface area contributed by atoms with Crippen molar-refractivity contribution < 1.29 is 4.79 Å². The SMILES string of the molecule is CN(C(=O)Cn1cc(N)cc(Br)c1=O)C1CC1. The summed E-state index contributed by atoms with van der Waals surface area (Å²) in [6.45, 7) is 0.0372. The monoisotopic (exact) mass is 299 g/mol. The lowest BCUT2D eigenvalue weighted by atomic mass is 10.4. The van der Waals surface area contributed by atoms with Gasteiger partial charge < -0.3 is 15.2 Å². The number of hydrogen-bond donors (Lipinski definition) is 1. The number of hydrogen-bond acceptors (Lipinski definition) is 3. The molecule has 2 rings (SSSR count). The van der Waals surface area contributed by atoms with Crippen molar-refractivity contribution >= 4 is 27.5 Å². The van der Waals surface area contributed by atoms with Crippen molar-refractivity contribution in [3.63, 3.8) is 0 Å². The van der Waals surface area contributed by atoms with Gasteiger partial charge in [-0.05, 0) is 34.8 Å². The fourth-order valence-electron chi connectivity index (χ4n) is 1.66. The first-order valence-electron chi connectivity index (χ1n) is 5.40. The van der Waals surface area contributed by atoms with Gasteiger partial charge in [-0.1, -0.05) is 0 Å². The van der Waals surface area contributed by atoms with Gasteiger partial charge in [-0.15, -0.1) is 0 Å². The first-order chi connectivity index (χ1) is 7.99. The Morgan fingerprint density at radius 1 is 1.65 bits per heavy atom. The van der Waals surface area contributed by atoms with Crippen molar-refractivity contribution in [3.8, 4) is 0 Å². The van der Waals surface area contributed by atoms with Crippen molar-refractivity contribution in [1.29, 1.82) is 0 Å². The van der Waals surface area contributed by atoms with Crippen LogP contribution in [0.1, 0.15) is 12.8 Å². The molecule has 6 heteroatoms. The van der Waals surface area contributed by atoms with Crippen LogP contribution in [0.2, 0.25) is 0 Å². The highest BCUT2D eigenvalue weighted by Gasteiger charge is 2.29. The summed E-state index contributed by atoms with van der Waals surface area (Å²) >= 11 is 3.13. The molecule has 1 heterocycles. The Morgan fingerprint density at radius 2 is 2.29 bits per heavy atom. The minimum Gasteiger partial charge on any atom is -0.398 e. The zero-order valence-electron chi connectivity index (χ0n) is 9.52. The van der Waals surface area contributed by atoms with Crippen molar-refractivity contribution in [1.82, 2.24) is 9.47 Å². The van der Waals surface area contributed by atoms with E-state index < -0.39 is 0 Å². The normalized spacial score (nSPS) is 14.7. The molecule has 17 heavy (non-hydrogen) atoms. The molecule has 1 amide bonds. The van der Waals surface area contributed by atoms with Crippen LogP contribution in [-0.4, -0.2) is 28.5 Å². The standard InChI is InChI=1S/C11H14BrN3O2/c1-14(8-2-3-8)10(16)6-15-5-7(13)4-9(12)11(15)17/h4-5,8H,2-3,6,13H2,1H3. The van der Waals surface area contributed by atoms with Gasteiger partial charge >= 0.3 is 0 Å². The van der Waals surface area contributed by atoms with Crippen LogP contribution in [0.4, 0.5) is 5.69 Å². The Bertz CT molecular complexity index is 508. The molecule has 0 radical (unpaired) electrons. The van der Waals surface area contributed by atoms with E-state index >= 15 is 0 Å². The summed E-state index contributed by atoms with van der Waals surface area (Å²) in [6, 6.07) is 1.89. The number of rotatable bonds is 3. The maximum atomic E-state index is 11.9. The molecule has 5 nitrogen and oxygen atoms in total. The summed E-state index contributed by atoms with van der Waals surface area (Å²) in [5, 5.41) is 0. The average Bonchev–Trinajstić information content (AvgIpc) is 3.07. The molecular formula is C11H14BrN3O2. The van der Waals surface area contributed by atoms with Crippen LogP contribution < -0.4 is 11.3 Å². The molecule has 1 aromatic rings. The maximum absolute atomic E-state index is 11.9. The lowest BCUT2D eigenvalue weighted by molar-refractivity contribution is -0.131. The van der Waals surface area contributed by atoms with Crippen LogP contribution in [-0.2, 0) is 11.3 Å². The highest BCUT2D eigenvalue weighted by molar-refractivity contribution is 9.10. The number of nitrogens with two attached hydrogens (primary N) is 1. The second kappa shape index (κ2) is 4.52. The summed E-state index contributed by atoms with van der Waals surface area (Å²) < 4.78 is 1.71. The fraction of sp³-hybridized carbons (Fsp3) is 0.455. The van der Waals surface area contributed by atoms with Gasteiger partial charge in [-0.25, -0.2) is 0 Å². The molecule has 0 aromatic carbocycles. The summed E-state index contributed by atoms with van der Waals surface area (Å²) in [6.07, 6.45) is 3.60. The molecular weight excluding hydrogens is 286 g/mol. The van der Waals surface area contributed by atoms with Gasteiger partial charge in [0.15, 0.2) is 0 Å². The third kappa shape index (κ3) is 2.69. The Morgan fingerprint density at radius 3 is 2.88 bits per heavy atom. The molecule has 1 aliphatic rings. The van der Waals surface area contributed by atoms with Gasteiger partial charge in [0.25, 0.3) is 5.56 Å². The van der Waals surface area contributed by atoms with Crippen molar-refractivity contribution in [2.24, 2.45) is 0 Å². The van der Waals surface area contributed by atoms with Gasteiger partial charge in [-0.3, -0.25) is 9.59 Å². The number of halogens is 1. The lowest BCUT2D eigenvalue weighted by Crippen LogP contribution is -2.35. The minimum atomic E-state index is -0.239. The van der Waals surface area contributed by atoms with Gasteiger partial charge in [0.2, 0.25) is 5.91 Å². The lowest BCUT2D eigenvalue weighted by Gasteiger charge is -2.17. The van der Waals surface area contributed by atoms with E-state index in [0.29, 0.717) is 16.2 Å². The molecule has 0 saturated heterocycles. The molecule has 0 unspecified atom stereocenters. The number of pyridine rings is 1. The molecule has 0 aliphatic heterocycles. The smallest absolute Gasteiger partial charge is 0.265 e. The van der Waals surface area contributed by atoms with E-state index in [4.69, 9.17) is 5.73 Å². The highest BCUT2D eigenvalue weighted by atomic mass is 79.9. The maximum Gasteiger partial charge on any atom is 0.265 e. The molecule has 2 N–H and O–H groups in total. The second-order valence-electron chi connectivity index (χ2n) is 4.29. The molecule has 92 valence electrons. The predicted octanol–water partition coefficient (Wildman–Crippen LogP) is 0.814. The molecule has 1 aromatic heterocycles. The molecule has 1 fully saturated rings. The molecule has 1 aliphatic carbocycles. The van der Waals surface area contributed by atoms with E-state index in [1.165, 1.54) is 16.8 Å². The third-order valence-corrected chi connectivity index (χ3v) is 3.43. The Kier molecular flexibility index (Phi) is 3.24. The predicted molar refractivity (Wildman–Crippen MR) is 68.6 cm³/mol. The van der Waals surface area contributed by atoms with Crippen LogP contribution in [0.15, 0.2) is 21.5 Å². The number of anilines is 1. The zero-order chi connectivity index (χ0) is 12.6. The number of carbonyl (C=O) groups is 1. The molecule has 0 spiro atoms.